The van der Waals surface area contributed by atoms with Gasteiger partial charge in [0, 0.05) is 12.2 Å². The average Bonchev–Trinajstić information content (AvgIpc) is 2.80. The van der Waals surface area contributed by atoms with Crippen molar-refractivity contribution in [3.8, 4) is 0 Å². The van der Waals surface area contributed by atoms with E-state index < -0.39 is 5.91 Å². The molecule has 2 rings (SSSR count). The van der Waals surface area contributed by atoms with Crippen LogP contribution in [0.5, 0.6) is 0 Å². The van der Waals surface area contributed by atoms with Crippen LogP contribution in [-0.4, -0.2) is 30.4 Å². The van der Waals surface area contributed by atoms with Gasteiger partial charge in [0.25, 0.3) is 5.91 Å². The van der Waals surface area contributed by atoms with E-state index in [1.54, 1.807) is 6.07 Å². The Hall–Kier alpha value is -1.55. The predicted molar refractivity (Wildman–Crippen MR) is 68.8 cm³/mol. The normalized spacial score (nSPS) is 16.2. The van der Waals surface area contributed by atoms with E-state index in [1.165, 1.54) is 25.9 Å². The first-order chi connectivity index (χ1) is 8.16. The first-order valence-electron chi connectivity index (χ1n) is 6.07. The number of hydrogen-bond donors (Lipinski definition) is 2. The second kappa shape index (κ2) is 5.19. The summed E-state index contributed by atoms with van der Waals surface area (Å²) in [6.45, 7) is 3.43. The van der Waals surface area contributed by atoms with Crippen LogP contribution in [-0.2, 0) is 6.42 Å². The van der Waals surface area contributed by atoms with Gasteiger partial charge in [-0.15, -0.1) is 0 Å². The molecular formula is C13H19N3O. The summed E-state index contributed by atoms with van der Waals surface area (Å²) in [5.41, 5.74) is 13.0. The maximum Gasteiger partial charge on any atom is 0.250 e. The number of hydrogen-bond acceptors (Lipinski definition) is 3. The Bertz CT molecular complexity index is 411. The standard InChI is InChI=1S/C13H19N3O/c14-12-4-3-10(9-11(12)13(15)17)5-8-16-6-1-2-7-16/h3-4,9H,1-2,5-8,14H2,(H2,15,17). The van der Waals surface area contributed by atoms with Crippen LogP contribution in [0.1, 0.15) is 28.8 Å². The van der Waals surface area contributed by atoms with Crippen molar-refractivity contribution < 1.29 is 4.79 Å². The maximum absolute atomic E-state index is 11.2. The van der Waals surface area contributed by atoms with Gasteiger partial charge in [0.15, 0.2) is 0 Å². The van der Waals surface area contributed by atoms with Gasteiger partial charge < -0.3 is 16.4 Å². The second-order valence-electron chi connectivity index (χ2n) is 4.58. The number of carbonyl (C=O) groups excluding carboxylic acids is 1. The zero-order valence-electron chi connectivity index (χ0n) is 9.98. The van der Waals surface area contributed by atoms with E-state index in [0.29, 0.717) is 11.3 Å². The topological polar surface area (TPSA) is 72.4 Å². The molecule has 1 heterocycles. The molecule has 1 saturated heterocycles. The van der Waals surface area contributed by atoms with Crippen LogP contribution in [0, 0.1) is 0 Å². The highest BCUT2D eigenvalue weighted by molar-refractivity contribution is 5.98. The minimum Gasteiger partial charge on any atom is -0.398 e. The molecule has 4 N–H and O–H groups in total. The molecule has 4 heteroatoms. The number of primary amides is 1. The van der Waals surface area contributed by atoms with Crippen molar-refractivity contribution >= 4 is 11.6 Å². The van der Waals surface area contributed by atoms with Crippen LogP contribution in [0.4, 0.5) is 5.69 Å². The average molecular weight is 233 g/mol. The number of nitrogen functional groups attached to an aromatic ring is 1. The lowest BCUT2D eigenvalue weighted by Crippen LogP contribution is -2.22. The van der Waals surface area contributed by atoms with Gasteiger partial charge in [0.1, 0.15) is 0 Å². The molecule has 0 radical (unpaired) electrons. The monoisotopic (exact) mass is 233 g/mol. The Morgan fingerprint density at radius 2 is 2.00 bits per heavy atom. The molecule has 0 bridgehead atoms. The Labute approximate surface area is 102 Å². The maximum atomic E-state index is 11.2. The third kappa shape index (κ3) is 2.97. The highest BCUT2D eigenvalue weighted by Gasteiger charge is 2.12. The molecule has 1 aliphatic heterocycles. The van der Waals surface area contributed by atoms with Crippen molar-refractivity contribution in [1.82, 2.24) is 4.90 Å². The van der Waals surface area contributed by atoms with E-state index in [2.05, 4.69) is 4.90 Å². The SMILES string of the molecule is NC(=O)c1cc(CCN2CCCC2)ccc1N. The molecular weight excluding hydrogens is 214 g/mol. The molecule has 1 amide bonds. The summed E-state index contributed by atoms with van der Waals surface area (Å²) < 4.78 is 0. The fourth-order valence-corrected chi connectivity index (χ4v) is 2.27. The minimum absolute atomic E-state index is 0.434. The Balaban J connectivity index is 2.00. The highest BCUT2D eigenvalue weighted by Crippen LogP contribution is 2.15. The molecule has 0 aliphatic carbocycles. The molecule has 0 saturated carbocycles. The summed E-state index contributed by atoms with van der Waals surface area (Å²) in [6.07, 6.45) is 3.54. The third-order valence-electron chi connectivity index (χ3n) is 3.30. The lowest BCUT2D eigenvalue weighted by atomic mass is 10.1. The number of nitrogens with two attached hydrogens (primary N) is 2. The summed E-state index contributed by atoms with van der Waals surface area (Å²) >= 11 is 0. The molecule has 1 aliphatic rings. The van der Waals surface area contributed by atoms with Gasteiger partial charge in [-0.3, -0.25) is 4.79 Å². The number of rotatable bonds is 4. The van der Waals surface area contributed by atoms with Crippen molar-refractivity contribution in [2.75, 3.05) is 25.4 Å². The summed E-state index contributed by atoms with van der Waals surface area (Å²) in [5.74, 6) is -0.453. The van der Waals surface area contributed by atoms with Crippen molar-refractivity contribution in [1.29, 1.82) is 0 Å². The fraction of sp³-hybridized carbons (Fsp3) is 0.462. The second-order valence-corrected chi connectivity index (χ2v) is 4.58. The van der Waals surface area contributed by atoms with E-state index in [1.807, 2.05) is 12.1 Å². The van der Waals surface area contributed by atoms with Gasteiger partial charge >= 0.3 is 0 Å². The van der Waals surface area contributed by atoms with Crippen LogP contribution >= 0.6 is 0 Å². The molecule has 4 nitrogen and oxygen atoms in total. The zero-order chi connectivity index (χ0) is 12.3. The van der Waals surface area contributed by atoms with Crippen molar-refractivity contribution in [2.24, 2.45) is 5.73 Å². The summed E-state index contributed by atoms with van der Waals surface area (Å²) in [6, 6.07) is 5.55. The Morgan fingerprint density at radius 1 is 1.29 bits per heavy atom. The predicted octanol–water partition coefficient (Wildman–Crippen LogP) is 1.01. The van der Waals surface area contributed by atoms with Crippen molar-refractivity contribution in [2.45, 2.75) is 19.3 Å². The zero-order valence-corrected chi connectivity index (χ0v) is 9.98. The number of nitrogens with zero attached hydrogens (tertiary/aromatic N) is 1. The Kier molecular flexibility index (Phi) is 3.64. The van der Waals surface area contributed by atoms with Gasteiger partial charge in [-0.05, 0) is 50.0 Å². The molecule has 0 unspecified atom stereocenters. The molecule has 1 fully saturated rings. The first kappa shape index (κ1) is 11.9. The molecule has 0 atom stereocenters. The van der Waals surface area contributed by atoms with Crippen LogP contribution in [0.25, 0.3) is 0 Å². The van der Waals surface area contributed by atoms with Gasteiger partial charge in [0.05, 0.1) is 5.56 Å². The largest absolute Gasteiger partial charge is 0.398 e. The lowest BCUT2D eigenvalue weighted by Gasteiger charge is -2.14. The van der Waals surface area contributed by atoms with Gasteiger partial charge in [-0.2, -0.15) is 0 Å². The van der Waals surface area contributed by atoms with Crippen LogP contribution in [0.3, 0.4) is 0 Å². The molecule has 92 valence electrons. The number of anilines is 1. The van der Waals surface area contributed by atoms with Crippen molar-refractivity contribution in [3.05, 3.63) is 29.3 Å². The van der Waals surface area contributed by atoms with Crippen LogP contribution < -0.4 is 11.5 Å². The number of likely N-dealkylation sites (tertiary alicyclic amines) is 1. The number of amides is 1. The van der Waals surface area contributed by atoms with E-state index in [4.69, 9.17) is 11.5 Å². The molecule has 17 heavy (non-hydrogen) atoms. The molecule has 0 aromatic heterocycles. The molecule has 1 aromatic rings. The fourth-order valence-electron chi connectivity index (χ4n) is 2.27. The smallest absolute Gasteiger partial charge is 0.250 e. The molecule has 1 aromatic carbocycles. The van der Waals surface area contributed by atoms with Gasteiger partial charge in [-0.1, -0.05) is 6.07 Å². The Morgan fingerprint density at radius 3 is 2.65 bits per heavy atom. The van der Waals surface area contributed by atoms with Gasteiger partial charge in [0.2, 0.25) is 0 Å². The number of carbonyl (C=O) groups is 1. The summed E-state index contributed by atoms with van der Waals surface area (Å²) in [5, 5.41) is 0. The molecule has 0 spiro atoms. The first-order valence-corrected chi connectivity index (χ1v) is 6.07. The lowest BCUT2D eigenvalue weighted by molar-refractivity contribution is 0.100. The number of benzene rings is 1. The van der Waals surface area contributed by atoms with E-state index in [9.17, 15) is 4.79 Å². The summed E-state index contributed by atoms with van der Waals surface area (Å²) in [7, 11) is 0. The van der Waals surface area contributed by atoms with Crippen LogP contribution in [0.2, 0.25) is 0 Å². The summed E-state index contributed by atoms with van der Waals surface area (Å²) in [4.78, 5) is 13.6. The quantitative estimate of drug-likeness (QED) is 0.762. The van der Waals surface area contributed by atoms with Gasteiger partial charge in [-0.25, -0.2) is 0 Å². The van der Waals surface area contributed by atoms with Crippen LogP contribution in [0.15, 0.2) is 18.2 Å². The van der Waals surface area contributed by atoms with E-state index in [-0.39, 0.29) is 0 Å². The van der Waals surface area contributed by atoms with Crippen molar-refractivity contribution in [3.63, 3.8) is 0 Å². The highest BCUT2D eigenvalue weighted by atomic mass is 16.1. The van der Waals surface area contributed by atoms with E-state index >= 15 is 0 Å². The van der Waals surface area contributed by atoms with E-state index in [0.717, 1.165) is 18.5 Å². The third-order valence-corrected chi connectivity index (χ3v) is 3.30. The minimum atomic E-state index is -0.453.